The maximum absolute atomic E-state index is 3.58. The van der Waals surface area contributed by atoms with E-state index in [-0.39, 0.29) is 0 Å². The summed E-state index contributed by atoms with van der Waals surface area (Å²) >= 11 is 0. The fourth-order valence-corrected chi connectivity index (χ4v) is 2.20. The molecule has 1 saturated heterocycles. The van der Waals surface area contributed by atoms with Crippen LogP contribution in [0.2, 0.25) is 0 Å². The zero-order valence-corrected chi connectivity index (χ0v) is 9.10. The van der Waals surface area contributed by atoms with Crippen molar-refractivity contribution in [1.82, 2.24) is 10.6 Å². The topological polar surface area (TPSA) is 24.1 Å². The molecule has 1 aliphatic rings. The van der Waals surface area contributed by atoms with Gasteiger partial charge in [0.25, 0.3) is 0 Å². The molecule has 0 bridgehead atoms. The minimum absolute atomic E-state index is 0.821. The summed E-state index contributed by atoms with van der Waals surface area (Å²) < 4.78 is 0. The second kappa shape index (κ2) is 6.39. The Morgan fingerprint density at radius 1 is 1.54 bits per heavy atom. The Labute approximate surface area is 82.5 Å². The molecule has 78 valence electrons. The molecular formula is C11H24N2. The molecule has 2 nitrogen and oxygen atoms in total. The molecule has 1 aliphatic heterocycles. The predicted octanol–water partition coefficient (Wildman–Crippen LogP) is 1.76. The van der Waals surface area contributed by atoms with Crippen LogP contribution in [0.4, 0.5) is 0 Å². The summed E-state index contributed by atoms with van der Waals surface area (Å²) in [4.78, 5) is 0. The van der Waals surface area contributed by atoms with E-state index in [1.165, 1.54) is 45.2 Å². The molecule has 2 unspecified atom stereocenters. The highest BCUT2D eigenvalue weighted by Crippen LogP contribution is 2.19. The first-order valence-corrected chi connectivity index (χ1v) is 5.74. The zero-order valence-electron chi connectivity index (χ0n) is 9.10. The van der Waals surface area contributed by atoms with E-state index in [2.05, 4.69) is 17.6 Å². The Bertz CT molecular complexity index is 119. The van der Waals surface area contributed by atoms with Gasteiger partial charge in [0.15, 0.2) is 0 Å². The summed E-state index contributed by atoms with van der Waals surface area (Å²) in [5.74, 6) is 0.919. The molecule has 1 heterocycles. The molecule has 13 heavy (non-hydrogen) atoms. The van der Waals surface area contributed by atoms with E-state index < -0.39 is 0 Å². The van der Waals surface area contributed by atoms with E-state index in [0.717, 1.165) is 12.0 Å². The van der Waals surface area contributed by atoms with Crippen molar-refractivity contribution < 1.29 is 0 Å². The van der Waals surface area contributed by atoms with Gasteiger partial charge in [0.1, 0.15) is 0 Å². The number of nitrogens with one attached hydrogen (secondary N) is 2. The molecular weight excluding hydrogens is 160 g/mol. The molecule has 0 aliphatic carbocycles. The number of hydrogen-bond donors (Lipinski definition) is 2. The van der Waals surface area contributed by atoms with Crippen LogP contribution in [0.5, 0.6) is 0 Å². The maximum Gasteiger partial charge on any atom is 0.00701 e. The lowest BCUT2D eigenvalue weighted by atomic mass is 9.93. The number of hydrogen-bond acceptors (Lipinski definition) is 2. The average Bonchev–Trinajstić information content (AvgIpc) is 2.64. The quantitative estimate of drug-likeness (QED) is 0.657. The van der Waals surface area contributed by atoms with Crippen LogP contribution in [0.3, 0.4) is 0 Å². The predicted molar refractivity (Wildman–Crippen MR) is 58.0 cm³/mol. The van der Waals surface area contributed by atoms with Crippen molar-refractivity contribution in [1.29, 1.82) is 0 Å². The van der Waals surface area contributed by atoms with Gasteiger partial charge in [-0.25, -0.2) is 0 Å². The van der Waals surface area contributed by atoms with Crippen LogP contribution in [0.25, 0.3) is 0 Å². The van der Waals surface area contributed by atoms with E-state index in [1.54, 1.807) is 0 Å². The van der Waals surface area contributed by atoms with Gasteiger partial charge in [-0.05, 0) is 51.7 Å². The minimum Gasteiger partial charge on any atom is -0.320 e. The van der Waals surface area contributed by atoms with Crippen LogP contribution in [-0.4, -0.2) is 26.2 Å². The van der Waals surface area contributed by atoms with E-state index >= 15 is 0 Å². The second-order valence-electron chi connectivity index (χ2n) is 4.20. The highest BCUT2D eigenvalue weighted by molar-refractivity contribution is 4.77. The van der Waals surface area contributed by atoms with Crippen LogP contribution >= 0.6 is 0 Å². The van der Waals surface area contributed by atoms with Crippen LogP contribution in [-0.2, 0) is 0 Å². The molecule has 2 heteroatoms. The van der Waals surface area contributed by atoms with Crippen molar-refractivity contribution in [2.45, 2.75) is 45.1 Å². The Morgan fingerprint density at radius 2 is 2.38 bits per heavy atom. The average molecular weight is 184 g/mol. The van der Waals surface area contributed by atoms with Gasteiger partial charge < -0.3 is 10.6 Å². The van der Waals surface area contributed by atoms with Crippen LogP contribution in [0.1, 0.15) is 39.0 Å². The van der Waals surface area contributed by atoms with Crippen LogP contribution in [0, 0.1) is 5.92 Å². The summed E-state index contributed by atoms with van der Waals surface area (Å²) in [5.41, 5.74) is 0. The third-order valence-corrected chi connectivity index (χ3v) is 3.16. The smallest absolute Gasteiger partial charge is 0.00701 e. The van der Waals surface area contributed by atoms with Crippen molar-refractivity contribution in [3.05, 3.63) is 0 Å². The van der Waals surface area contributed by atoms with Crippen molar-refractivity contribution in [2.24, 2.45) is 5.92 Å². The molecule has 1 rings (SSSR count). The molecule has 0 aromatic carbocycles. The molecule has 0 spiro atoms. The Morgan fingerprint density at radius 3 is 2.92 bits per heavy atom. The van der Waals surface area contributed by atoms with Gasteiger partial charge in [-0.2, -0.15) is 0 Å². The molecule has 0 aromatic rings. The Balaban J connectivity index is 2.13. The molecule has 0 amide bonds. The lowest BCUT2D eigenvalue weighted by molar-refractivity contribution is 0.375. The zero-order chi connectivity index (χ0) is 9.52. The van der Waals surface area contributed by atoms with Gasteiger partial charge in [0.2, 0.25) is 0 Å². The SMILES string of the molecule is CCC(CCNC)CC1CCCN1. The van der Waals surface area contributed by atoms with E-state index in [1.807, 2.05) is 7.05 Å². The van der Waals surface area contributed by atoms with Crippen molar-refractivity contribution in [3.8, 4) is 0 Å². The fraction of sp³-hybridized carbons (Fsp3) is 1.00. The monoisotopic (exact) mass is 184 g/mol. The minimum atomic E-state index is 0.821. The van der Waals surface area contributed by atoms with E-state index in [0.29, 0.717) is 0 Å². The van der Waals surface area contributed by atoms with Gasteiger partial charge in [-0.15, -0.1) is 0 Å². The Hall–Kier alpha value is -0.0800. The lowest BCUT2D eigenvalue weighted by Crippen LogP contribution is -2.25. The van der Waals surface area contributed by atoms with Crippen LogP contribution in [0.15, 0.2) is 0 Å². The molecule has 2 atom stereocenters. The van der Waals surface area contributed by atoms with Gasteiger partial charge in [0.05, 0.1) is 0 Å². The summed E-state index contributed by atoms with van der Waals surface area (Å²) in [6.07, 6.45) is 6.84. The summed E-state index contributed by atoms with van der Waals surface area (Å²) in [5, 5.41) is 6.81. The van der Waals surface area contributed by atoms with Crippen molar-refractivity contribution in [2.75, 3.05) is 20.1 Å². The van der Waals surface area contributed by atoms with Gasteiger partial charge >= 0.3 is 0 Å². The normalized spacial score (nSPS) is 24.9. The first kappa shape index (κ1) is 11.0. The molecule has 2 N–H and O–H groups in total. The largest absolute Gasteiger partial charge is 0.320 e. The lowest BCUT2D eigenvalue weighted by Gasteiger charge is -2.19. The standard InChI is InChI=1S/C11H24N2/c1-3-10(6-8-12-2)9-11-5-4-7-13-11/h10-13H,3-9H2,1-2H3. The summed E-state index contributed by atoms with van der Waals surface area (Å²) in [7, 11) is 2.04. The summed E-state index contributed by atoms with van der Waals surface area (Å²) in [6, 6.07) is 0.821. The van der Waals surface area contributed by atoms with Crippen molar-refractivity contribution >= 4 is 0 Å². The molecule has 1 fully saturated rings. The first-order valence-electron chi connectivity index (χ1n) is 5.74. The fourth-order valence-electron chi connectivity index (χ4n) is 2.20. The van der Waals surface area contributed by atoms with Crippen LogP contribution < -0.4 is 10.6 Å². The molecule has 0 aromatic heterocycles. The molecule has 0 radical (unpaired) electrons. The first-order chi connectivity index (χ1) is 6.36. The highest BCUT2D eigenvalue weighted by Gasteiger charge is 2.17. The number of rotatable bonds is 6. The molecule has 0 saturated carbocycles. The van der Waals surface area contributed by atoms with Gasteiger partial charge in [-0.3, -0.25) is 0 Å². The highest BCUT2D eigenvalue weighted by atomic mass is 14.9. The van der Waals surface area contributed by atoms with E-state index in [4.69, 9.17) is 0 Å². The van der Waals surface area contributed by atoms with E-state index in [9.17, 15) is 0 Å². The van der Waals surface area contributed by atoms with Gasteiger partial charge in [0, 0.05) is 6.04 Å². The maximum atomic E-state index is 3.58. The third kappa shape index (κ3) is 4.10. The van der Waals surface area contributed by atoms with Crippen molar-refractivity contribution in [3.63, 3.8) is 0 Å². The second-order valence-corrected chi connectivity index (χ2v) is 4.20. The third-order valence-electron chi connectivity index (χ3n) is 3.16. The Kier molecular flexibility index (Phi) is 5.40. The van der Waals surface area contributed by atoms with Gasteiger partial charge in [-0.1, -0.05) is 13.3 Å². The summed E-state index contributed by atoms with van der Waals surface area (Å²) in [6.45, 7) is 4.73.